The fraction of sp³-hybridized carbons (Fsp3) is 0.381. The van der Waals surface area contributed by atoms with Crippen molar-refractivity contribution in [2.45, 2.75) is 13.1 Å². The van der Waals surface area contributed by atoms with Crippen molar-refractivity contribution in [3.05, 3.63) is 64.5 Å². The second-order valence-electron chi connectivity index (χ2n) is 6.97. The van der Waals surface area contributed by atoms with Crippen molar-refractivity contribution in [2.75, 3.05) is 39.4 Å². The number of morpholine rings is 1. The summed E-state index contributed by atoms with van der Waals surface area (Å²) in [7, 11) is 0. The van der Waals surface area contributed by atoms with Crippen molar-refractivity contribution in [1.82, 2.24) is 20.4 Å². The van der Waals surface area contributed by atoms with Gasteiger partial charge in [-0.2, -0.15) is 0 Å². The zero-order valence-corrected chi connectivity index (χ0v) is 16.7. The molecule has 4 rings (SSSR count). The Morgan fingerprint density at radius 1 is 1.29 bits per heavy atom. The first kappa shape index (κ1) is 19.1. The number of amides is 1. The monoisotopic (exact) mass is 400 g/mol. The lowest BCUT2D eigenvalue weighted by Crippen LogP contribution is -2.45. The molecule has 2 N–H and O–H groups in total. The maximum absolute atomic E-state index is 12.7. The lowest BCUT2D eigenvalue weighted by atomic mass is 10.1. The van der Waals surface area contributed by atoms with Gasteiger partial charge >= 0.3 is 0 Å². The molecule has 3 heterocycles. The third-order valence-corrected chi connectivity index (χ3v) is 5.39. The molecule has 3 aliphatic heterocycles. The average molecular weight is 401 g/mol. The molecule has 0 aromatic heterocycles. The molecule has 7 heteroatoms. The molecule has 0 bridgehead atoms. The van der Waals surface area contributed by atoms with Crippen molar-refractivity contribution in [1.29, 1.82) is 0 Å². The molecule has 1 atom stereocenters. The van der Waals surface area contributed by atoms with Crippen LogP contribution in [0.1, 0.15) is 12.5 Å². The lowest BCUT2D eigenvalue weighted by molar-refractivity contribution is -0.118. The number of fused-ring (bicyclic) bond motifs is 1. The summed E-state index contributed by atoms with van der Waals surface area (Å²) in [5.41, 5.74) is 3.85. The fourth-order valence-electron chi connectivity index (χ4n) is 3.77. The van der Waals surface area contributed by atoms with Gasteiger partial charge in [0.15, 0.2) is 0 Å². The summed E-state index contributed by atoms with van der Waals surface area (Å²) >= 11 is 6.09. The molecule has 1 amide bonds. The molecule has 3 aliphatic rings. The standard InChI is InChI=1S/C21H25ClN4O2/c1-2-23-21(27)17-4-3-5-19-24-20(15-6-8-16(22)9-7-15)18(26(17)19)14-25-10-12-28-13-11-25/h3-9,19,24H,2,10-14H2,1H3,(H,23,27). The lowest BCUT2D eigenvalue weighted by Gasteiger charge is -2.34. The van der Waals surface area contributed by atoms with E-state index in [2.05, 4.69) is 26.5 Å². The van der Waals surface area contributed by atoms with E-state index in [1.165, 1.54) is 0 Å². The number of benzene rings is 1. The second kappa shape index (κ2) is 8.39. The average Bonchev–Trinajstić information content (AvgIpc) is 3.08. The van der Waals surface area contributed by atoms with Crippen molar-refractivity contribution in [3.8, 4) is 0 Å². The van der Waals surface area contributed by atoms with Gasteiger partial charge in [-0.1, -0.05) is 29.8 Å². The number of hydrogen-bond acceptors (Lipinski definition) is 5. The molecule has 0 radical (unpaired) electrons. The van der Waals surface area contributed by atoms with Gasteiger partial charge in [0.2, 0.25) is 0 Å². The topological polar surface area (TPSA) is 56.8 Å². The van der Waals surface area contributed by atoms with Crippen LogP contribution in [0, 0.1) is 0 Å². The van der Waals surface area contributed by atoms with Gasteiger partial charge < -0.3 is 20.3 Å². The molecule has 28 heavy (non-hydrogen) atoms. The second-order valence-corrected chi connectivity index (χ2v) is 7.41. The molecule has 1 unspecified atom stereocenters. The van der Waals surface area contributed by atoms with E-state index in [1.807, 2.05) is 43.3 Å². The molecule has 0 saturated carbocycles. The first-order valence-corrected chi connectivity index (χ1v) is 10.1. The molecule has 0 spiro atoms. The van der Waals surface area contributed by atoms with Crippen LogP contribution in [0.4, 0.5) is 0 Å². The maximum atomic E-state index is 12.7. The number of hydrogen-bond donors (Lipinski definition) is 2. The number of nitrogens with one attached hydrogen (secondary N) is 2. The third-order valence-electron chi connectivity index (χ3n) is 5.14. The third kappa shape index (κ3) is 3.81. The maximum Gasteiger partial charge on any atom is 0.267 e. The summed E-state index contributed by atoms with van der Waals surface area (Å²) in [6.07, 6.45) is 5.82. The molecule has 1 aromatic rings. The van der Waals surface area contributed by atoms with E-state index in [0.29, 0.717) is 17.3 Å². The molecule has 1 aromatic carbocycles. The molecule has 1 fully saturated rings. The predicted octanol–water partition coefficient (Wildman–Crippen LogP) is 2.16. The Kier molecular flexibility index (Phi) is 5.71. The zero-order chi connectivity index (χ0) is 19.5. The van der Waals surface area contributed by atoms with E-state index in [1.54, 1.807) is 0 Å². The number of carbonyl (C=O) groups is 1. The summed E-state index contributed by atoms with van der Waals surface area (Å²) in [5.74, 6) is -0.0597. The minimum absolute atomic E-state index is 0.0597. The number of allylic oxidation sites excluding steroid dienone is 2. The predicted molar refractivity (Wildman–Crippen MR) is 110 cm³/mol. The van der Waals surface area contributed by atoms with Crippen LogP contribution in [-0.2, 0) is 9.53 Å². The summed E-state index contributed by atoms with van der Waals surface area (Å²) in [4.78, 5) is 17.2. The van der Waals surface area contributed by atoms with E-state index in [4.69, 9.17) is 16.3 Å². The Labute approximate surface area is 170 Å². The molecule has 1 saturated heterocycles. The number of rotatable bonds is 5. The van der Waals surface area contributed by atoms with Crippen molar-refractivity contribution in [2.24, 2.45) is 0 Å². The van der Waals surface area contributed by atoms with Gasteiger partial charge in [0.1, 0.15) is 11.9 Å². The highest BCUT2D eigenvalue weighted by Crippen LogP contribution is 2.34. The first-order valence-electron chi connectivity index (χ1n) is 9.69. The van der Waals surface area contributed by atoms with Crippen molar-refractivity contribution < 1.29 is 9.53 Å². The Hall–Kier alpha value is -2.28. The van der Waals surface area contributed by atoms with Gasteiger partial charge in [0.25, 0.3) is 5.91 Å². The van der Waals surface area contributed by atoms with E-state index < -0.39 is 0 Å². The van der Waals surface area contributed by atoms with Gasteiger partial charge in [-0.25, -0.2) is 0 Å². The van der Waals surface area contributed by atoms with E-state index >= 15 is 0 Å². The van der Waals surface area contributed by atoms with Crippen LogP contribution < -0.4 is 10.6 Å². The molecule has 0 aliphatic carbocycles. The van der Waals surface area contributed by atoms with Gasteiger partial charge in [-0.05, 0) is 36.8 Å². The Bertz CT molecular complexity index is 825. The smallest absolute Gasteiger partial charge is 0.267 e. The first-order chi connectivity index (χ1) is 13.7. The van der Waals surface area contributed by atoms with Gasteiger partial charge in [0.05, 0.1) is 24.6 Å². The Balaban J connectivity index is 1.72. The van der Waals surface area contributed by atoms with Crippen molar-refractivity contribution in [3.63, 3.8) is 0 Å². The fourth-order valence-corrected chi connectivity index (χ4v) is 3.90. The largest absolute Gasteiger partial charge is 0.379 e. The summed E-state index contributed by atoms with van der Waals surface area (Å²) in [6, 6.07) is 7.82. The van der Waals surface area contributed by atoms with Crippen LogP contribution in [0.15, 0.2) is 53.9 Å². The minimum Gasteiger partial charge on any atom is -0.379 e. The van der Waals surface area contributed by atoms with Crippen LogP contribution in [0.25, 0.3) is 5.70 Å². The summed E-state index contributed by atoms with van der Waals surface area (Å²) < 4.78 is 5.50. The number of halogens is 1. The van der Waals surface area contributed by atoms with E-state index in [0.717, 1.165) is 49.8 Å². The quantitative estimate of drug-likeness (QED) is 0.793. The minimum atomic E-state index is -0.0793. The van der Waals surface area contributed by atoms with Crippen LogP contribution in [0.3, 0.4) is 0 Å². The van der Waals surface area contributed by atoms with Crippen LogP contribution >= 0.6 is 11.6 Å². The SMILES string of the molecule is CCNC(=O)C1=CC=CC2NC(c3ccc(Cl)cc3)=C(CN3CCOCC3)N12. The van der Waals surface area contributed by atoms with Gasteiger partial charge in [0, 0.05) is 31.2 Å². The van der Waals surface area contributed by atoms with Gasteiger partial charge in [-0.15, -0.1) is 0 Å². The molecule has 148 valence electrons. The molecule has 6 nitrogen and oxygen atoms in total. The molecular weight excluding hydrogens is 376 g/mol. The number of ether oxygens (including phenoxy) is 1. The van der Waals surface area contributed by atoms with Crippen molar-refractivity contribution >= 4 is 23.2 Å². The summed E-state index contributed by atoms with van der Waals surface area (Å²) in [6.45, 7) is 6.50. The van der Waals surface area contributed by atoms with E-state index in [-0.39, 0.29) is 12.1 Å². The zero-order valence-electron chi connectivity index (χ0n) is 16.0. The number of nitrogens with zero attached hydrogens (tertiary/aromatic N) is 2. The van der Waals surface area contributed by atoms with Crippen LogP contribution in [-0.4, -0.2) is 61.3 Å². The van der Waals surface area contributed by atoms with Crippen LogP contribution in [0.5, 0.6) is 0 Å². The number of carbonyl (C=O) groups excluding carboxylic acids is 1. The Morgan fingerprint density at radius 2 is 2.04 bits per heavy atom. The Morgan fingerprint density at radius 3 is 2.75 bits per heavy atom. The summed E-state index contributed by atoms with van der Waals surface area (Å²) in [5, 5.41) is 7.23. The normalized spacial score (nSPS) is 22.0. The highest BCUT2D eigenvalue weighted by molar-refractivity contribution is 6.30. The van der Waals surface area contributed by atoms with Crippen LogP contribution in [0.2, 0.25) is 5.02 Å². The van der Waals surface area contributed by atoms with Gasteiger partial charge in [-0.3, -0.25) is 9.69 Å². The highest BCUT2D eigenvalue weighted by atomic mass is 35.5. The number of likely N-dealkylation sites (N-methyl/N-ethyl adjacent to an activating group) is 1. The highest BCUT2D eigenvalue weighted by Gasteiger charge is 2.37. The van der Waals surface area contributed by atoms with E-state index in [9.17, 15) is 4.79 Å². The molecular formula is C21H25ClN4O2.